The standard InChI is InChI=1S/C16H18ClN3O6S/c17-13-2-1-11(9-12(13)16(23)19-5-7-26-8-6-19)27(24,25)20-4-3-14(21)18-10-15(20)22/h1-2,9H,3-8,10H2,(H,18,21). The van der Waals surface area contributed by atoms with Crippen LogP contribution in [0.5, 0.6) is 0 Å². The number of morpholine rings is 1. The zero-order valence-electron chi connectivity index (χ0n) is 14.3. The van der Waals surface area contributed by atoms with Crippen molar-refractivity contribution in [1.82, 2.24) is 14.5 Å². The molecule has 0 unspecified atom stereocenters. The van der Waals surface area contributed by atoms with Crippen molar-refractivity contribution in [1.29, 1.82) is 0 Å². The largest absolute Gasteiger partial charge is 0.378 e. The van der Waals surface area contributed by atoms with Crippen molar-refractivity contribution < 1.29 is 27.5 Å². The molecule has 27 heavy (non-hydrogen) atoms. The number of carbonyl (C=O) groups excluding carboxylic acids is 3. The van der Waals surface area contributed by atoms with Gasteiger partial charge in [0.05, 0.1) is 35.2 Å². The van der Waals surface area contributed by atoms with Crippen LogP contribution in [-0.4, -0.2) is 74.7 Å². The average molecular weight is 416 g/mol. The minimum atomic E-state index is -4.22. The molecule has 2 heterocycles. The molecule has 0 aromatic heterocycles. The van der Waals surface area contributed by atoms with Crippen LogP contribution in [0.1, 0.15) is 16.8 Å². The molecule has 2 aliphatic rings. The van der Waals surface area contributed by atoms with Crippen LogP contribution in [0.2, 0.25) is 5.02 Å². The van der Waals surface area contributed by atoms with E-state index in [1.54, 1.807) is 0 Å². The Bertz CT molecular complexity index is 882. The first kappa shape index (κ1) is 19.6. The van der Waals surface area contributed by atoms with Crippen LogP contribution in [0.4, 0.5) is 0 Å². The van der Waals surface area contributed by atoms with Gasteiger partial charge in [-0.05, 0) is 18.2 Å². The highest BCUT2D eigenvalue weighted by Gasteiger charge is 2.33. The maximum Gasteiger partial charge on any atom is 0.266 e. The molecule has 2 saturated heterocycles. The van der Waals surface area contributed by atoms with Crippen LogP contribution in [0.15, 0.2) is 23.1 Å². The number of hydrogen-bond donors (Lipinski definition) is 1. The summed E-state index contributed by atoms with van der Waals surface area (Å²) in [4.78, 5) is 37.6. The van der Waals surface area contributed by atoms with E-state index in [1.165, 1.54) is 23.1 Å². The fourth-order valence-electron chi connectivity index (χ4n) is 2.83. The SMILES string of the molecule is O=C1CCN(S(=O)(=O)c2ccc(Cl)c(C(=O)N3CCOCC3)c2)C(=O)CN1. The van der Waals surface area contributed by atoms with Gasteiger partial charge in [-0.2, -0.15) is 0 Å². The van der Waals surface area contributed by atoms with Crippen molar-refractivity contribution in [3.05, 3.63) is 28.8 Å². The second-order valence-electron chi connectivity index (χ2n) is 6.04. The molecule has 11 heteroatoms. The van der Waals surface area contributed by atoms with Gasteiger partial charge in [0.15, 0.2) is 0 Å². The Labute approximate surface area is 161 Å². The molecule has 0 saturated carbocycles. The number of ether oxygens (including phenoxy) is 1. The van der Waals surface area contributed by atoms with E-state index < -0.39 is 34.3 Å². The molecule has 1 aromatic carbocycles. The molecule has 1 aromatic rings. The summed E-state index contributed by atoms with van der Waals surface area (Å²) in [6, 6.07) is 3.72. The summed E-state index contributed by atoms with van der Waals surface area (Å²) in [5.41, 5.74) is 0.0381. The summed E-state index contributed by atoms with van der Waals surface area (Å²) < 4.78 is 31.7. The first-order chi connectivity index (χ1) is 12.8. The third kappa shape index (κ3) is 4.07. The molecule has 2 aliphatic heterocycles. The number of rotatable bonds is 3. The molecule has 2 fully saturated rings. The summed E-state index contributed by atoms with van der Waals surface area (Å²) in [5, 5.41) is 2.46. The maximum absolute atomic E-state index is 12.9. The lowest BCUT2D eigenvalue weighted by Crippen LogP contribution is -2.41. The molecule has 0 bridgehead atoms. The summed E-state index contributed by atoms with van der Waals surface area (Å²) in [6.07, 6.45) is -0.127. The first-order valence-corrected chi connectivity index (χ1v) is 10.1. The van der Waals surface area contributed by atoms with Crippen LogP contribution in [-0.2, 0) is 24.3 Å². The normalized spacial score (nSPS) is 18.9. The van der Waals surface area contributed by atoms with Gasteiger partial charge in [0.25, 0.3) is 21.8 Å². The number of benzene rings is 1. The van der Waals surface area contributed by atoms with Gasteiger partial charge >= 0.3 is 0 Å². The summed E-state index contributed by atoms with van der Waals surface area (Å²) in [7, 11) is -4.22. The molecule has 9 nitrogen and oxygen atoms in total. The quantitative estimate of drug-likeness (QED) is 0.734. The smallest absolute Gasteiger partial charge is 0.266 e. The Morgan fingerprint density at radius 1 is 1.15 bits per heavy atom. The van der Waals surface area contributed by atoms with E-state index in [2.05, 4.69) is 5.32 Å². The Hall–Kier alpha value is -2.17. The predicted molar refractivity (Wildman–Crippen MR) is 94.7 cm³/mol. The van der Waals surface area contributed by atoms with Gasteiger partial charge in [-0.25, -0.2) is 12.7 Å². The molecular formula is C16H18ClN3O6S. The number of halogens is 1. The number of hydrogen-bond acceptors (Lipinski definition) is 6. The fourth-order valence-corrected chi connectivity index (χ4v) is 4.45. The minimum Gasteiger partial charge on any atom is -0.378 e. The van der Waals surface area contributed by atoms with Crippen LogP contribution in [0, 0.1) is 0 Å². The van der Waals surface area contributed by atoms with E-state index >= 15 is 0 Å². The minimum absolute atomic E-state index is 0.0381. The van der Waals surface area contributed by atoms with E-state index in [0.29, 0.717) is 30.6 Å². The molecule has 3 amide bonds. The Kier molecular flexibility index (Phi) is 5.68. The van der Waals surface area contributed by atoms with E-state index in [9.17, 15) is 22.8 Å². The highest BCUT2D eigenvalue weighted by Crippen LogP contribution is 2.25. The lowest BCUT2D eigenvalue weighted by atomic mass is 10.2. The number of carbonyl (C=O) groups is 3. The van der Waals surface area contributed by atoms with Crippen molar-refractivity contribution in [2.45, 2.75) is 11.3 Å². The molecule has 1 N–H and O–H groups in total. The fraction of sp³-hybridized carbons (Fsp3) is 0.438. The van der Waals surface area contributed by atoms with Gasteiger partial charge in [0.1, 0.15) is 0 Å². The topological polar surface area (TPSA) is 113 Å². The lowest BCUT2D eigenvalue weighted by Gasteiger charge is -2.27. The van der Waals surface area contributed by atoms with Gasteiger partial charge in [-0.3, -0.25) is 14.4 Å². The lowest BCUT2D eigenvalue weighted by molar-refractivity contribution is -0.126. The van der Waals surface area contributed by atoms with Crippen molar-refractivity contribution in [2.75, 3.05) is 39.4 Å². The van der Waals surface area contributed by atoms with Crippen LogP contribution < -0.4 is 5.32 Å². The van der Waals surface area contributed by atoms with Gasteiger partial charge in [0, 0.05) is 26.1 Å². The van der Waals surface area contributed by atoms with Gasteiger partial charge in [-0.15, -0.1) is 0 Å². The molecule has 3 rings (SSSR count). The molecular weight excluding hydrogens is 398 g/mol. The Morgan fingerprint density at radius 2 is 1.85 bits per heavy atom. The van der Waals surface area contributed by atoms with Crippen molar-refractivity contribution in [3.63, 3.8) is 0 Å². The molecule has 146 valence electrons. The second kappa shape index (κ2) is 7.83. The zero-order chi connectivity index (χ0) is 19.6. The summed E-state index contributed by atoms with van der Waals surface area (Å²) in [5.74, 6) is -1.54. The van der Waals surface area contributed by atoms with Crippen LogP contribution >= 0.6 is 11.6 Å². The monoisotopic (exact) mass is 415 g/mol. The van der Waals surface area contributed by atoms with Gasteiger partial charge in [-0.1, -0.05) is 11.6 Å². The first-order valence-electron chi connectivity index (χ1n) is 8.29. The molecule has 0 atom stereocenters. The molecule has 0 aliphatic carbocycles. The van der Waals surface area contributed by atoms with E-state index in [0.717, 1.165) is 0 Å². The number of sulfonamides is 1. The van der Waals surface area contributed by atoms with Crippen LogP contribution in [0.3, 0.4) is 0 Å². The van der Waals surface area contributed by atoms with E-state index in [1.807, 2.05) is 0 Å². The Balaban J connectivity index is 1.93. The number of nitrogens with zero attached hydrogens (tertiary/aromatic N) is 2. The summed E-state index contributed by atoms with van der Waals surface area (Å²) >= 11 is 6.11. The van der Waals surface area contributed by atoms with Crippen molar-refractivity contribution in [2.24, 2.45) is 0 Å². The van der Waals surface area contributed by atoms with Gasteiger partial charge in [0.2, 0.25) is 5.91 Å². The maximum atomic E-state index is 12.9. The average Bonchev–Trinajstić information content (AvgIpc) is 2.83. The Morgan fingerprint density at radius 3 is 2.56 bits per heavy atom. The van der Waals surface area contributed by atoms with Crippen molar-refractivity contribution >= 4 is 39.3 Å². The number of amides is 3. The zero-order valence-corrected chi connectivity index (χ0v) is 15.9. The predicted octanol–water partition coefficient (Wildman–Crippen LogP) is -0.150. The molecule has 0 spiro atoms. The van der Waals surface area contributed by atoms with Gasteiger partial charge < -0.3 is 15.0 Å². The third-order valence-corrected chi connectivity index (χ3v) is 6.46. The highest BCUT2D eigenvalue weighted by molar-refractivity contribution is 7.89. The second-order valence-corrected chi connectivity index (χ2v) is 8.31. The third-order valence-electron chi connectivity index (χ3n) is 4.31. The summed E-state index contributed by atoms with van der Waals surface area (Å²) in [6.45, 7) is 0.887. The van der Waals surface area contributed by atoms with Crippen molar-refractivity contribution in [3.8, 4) is 0 Å². The highest BCUT2D eigenvalue weighted by atomic mass is 35.5. The molecule has 0 radical (unpaired) electrons. The number of nitrogens with one attached hydrogen (secondary N) is 1. The van der Waals surface area contributed by atoms with E-state index in [4.69, 9.17) is 16.3 Å². The van der Waals surface area contributed by atoms with E-state index in [-0.39, 0.29) is 28.4 Å². The van der Waals surface area contributed by atoms with Crippen LogP contribution in [0.25, 0.3) is 0 Å².